The van der Waals surface area contributed by atoms with Crippen LogP contribution in [0.1, 0.15) is 13.8 Å². The molecule has 0 saturated heterocycles. The Bertz CT molecular complexity index is 99.6. The van der Waals surface area contributed by atoms with Crippen LogP contribution in [0.3, 0.4) is 0 Å². The smallest absolute Gasteiger partial charge is 0.133 e. The van der Waals surface area contributed by atoms with Crippen molar-refractivity contribution in [3.8, 4) is 0 Å². The summed E-state index contributed by atoms with van der Waals surface area (Å²) in [6.45, 7) is 2.98. The third-order valence-corrected chi connectivity index (χ3v) is 1.34. The molecule has 0 bridgehead atoms. The Morgan fingerprint density at radius 2 is 2.22 bits per heavy atom. The molecule has 0 spiro atoms. The first-order valence-electron chi connectivity index (χ1n) is 2.64. The van der Waals surface area contributed by atoms with Crippen LogP contribution < -0.4 is 0 Å². The Morgan fingerprint density at radius 3 is 2.22 bits per heavy atom. The van der Waals surface area contributed by atoms with E-state index in [1.807, 2.05) is 0 Å². The predicted octanol–water partition coefficient (Wildman–Crippen LogP) is 1.13. The molecule has 0 radical (unpaired) electrons. The van der Waals surface area contributed by atoms with Gasteiger partial charge in [0.05, 0.1) is 11.5 Å². The van der Waals surface area contributed by atoms with E-state index in [9.17, 15) is 4.91 Å². The van der Waals surface area contributed by atoms with Crippen LogP contribution in [0.4, 0.5) is 0 Å². The van der Waals surface area contributed by atoms with E-state index in [1.165, 1.54) is 0 Å². The molecule has 1 unspecified atom stereocenters. The van der Waals surface area contributed by atoms with Gasteiger partial charge in [-0.25, -0.2) is 0 Å². The van der Waals surface area contributed by atoms with Crippen molar-refractivity contribution in [1.29, 1.82) is 0 Å². The summed E-state index contributed by atoms with van der Waals surface area (Å²) >= 11 is 5.65. The SMILES string of the molecule is CC(C)(Cl)C(CO)N=O. The van der Waals surface area contributed by atoms with Gasteiger partial charge in [0.1, 0.15) is 6.04 Å². The molecule has 0 heterocycles. The molecule has 4 heteroatoms. The van der Waals surface area contributed by atoms with Gasteiger partial charge in [-0.15, -0.1) is 11.6 Å². The molecular weight excluding hydrogens is 142 g/mol. The molecule has 0 aromatic carbocycles. The van der Waals surface area contributed by atoms with Crippen molar-refractivity contribution in [3.63, 3.8) is 0 Å². The summed E-state index contributed by atoms with van der Waals surface area (Å²) in [6.07, 6.45) is 0. The largest absolute Gasteiger partial charge is 0.394 e. The van der Waals surface area contributed by atoms with Gasteiger partial charge in [0.2, 0.25) is 0 Å². The van der Waals surface area contributed by atoms with E-state index in [-0.39, 0.29) is 6.61 Å². The zero-order valence-corrected chi connectivity index (χ0v) is 6.22. The summed E-state index contributed by atoms with van der Waals surface area (Å²) in [6, 6.07) is -0.709. The minimum Gasteiger partial charge on any atom is -0.394 e. The maximum absolute atomic E-state index is 9.89. The molecule has 0 aromatic rings. The summed E-state index contributed by atoms with van der Waals surface area (Å²) in [5, 5.41) is 11.1. The maximum Gasteiger partial charge on any atom is 0.133 e. The number of aliphatic hydroxyl groups is 1. The number of hydrogen-bond donors (Lipinski definition) is 1. The van der Waals surface area contributed by atoms with Gasteiger partial charge in [-0.2, -0.15) is 4.91 Å². The lowest BCUT2D eigenvalue weighted by molar-refractivity contribution is 0.246. The molecule has 54 valence electrons. The summed E-state index contributed by atoms with van der Waals surface area (Å²) in [5.41, 5.74) is 0. The lowest BCUT2D eigenvalue weighted by Crippen LogP contribution is -2.31. The molecular formula is C5H10ClNO2. The van der Waals surface area contributed by atoms with E-state index < -0.39 is 10.9 Å². The quantitative estimate of drug-likeness (QED) is 0.486. The Kier molecular flexibility index (Phi) is 3.08. The average molecular weight is 152 g/mol. The van der Waals surface area contributed by atoms with Crippen molar-refractivity contribution in [3.05, 3.63) is 4.91 Å². The highest BCUT2D eigenvalue weighted by atomic mass is 35.5. The molecule has 0 aliphatic carbocycles. The normalized spacial score (nSPS) is 15.1. The highest BCUT2D eigenvalue weighted by Gasteiger charge is 2.26. The fourth-order valence-electron chi connectivity index (χ4n) is 0.376. The third-order valence-electron chi connectivity index (χ3n) is 1.09. The molecule has 9 heavy (non-hydrogen) atoms. The number of nitroso groups, excluding NO2 is 1. The highest BCUT2D eigenvalue weighted by molar-refractivity contribution is 6.23. The van der Waals surface area contributed by atoms with Crippen LogP contribution in [-0.4, -0.2) is 22.6 Å². The molecule has 0 saturated carbocycles. The fourth-order valence-corrected chi connectivity index (χ4v) is 0.485. The topological polar surface area (TPSA) is 49.7 Å². The standard InChI is InChI=1S/C5H10ClNO2/c1-5(2,6)4(3-8)7-9/h4,8H,3H2,1-2H3. The first kappa shape index (κ1) is 8.85. The van der Waals surface area contributed by atoms with Crippen LogP contribution in [0.5, 0.6) is 0 Å². The van der Waals surface area contributed by atoms with Crippen molar-refractivity contribution < 1.29 is 5.11 Å². The van der Waals surface area contributed by atoms with Crippen molar-refractivity contribution in [2.24, 2.45) is 5.18 Å². The molecule has 1 N–H and O–H groups in total. The van der Waals surface area contributed by atoms with Crippen molar-refractivity contribution >= 4 is 11.6 Å². The van der Waals surface area contributed by atoms with Crippen LogP contribution in [0.25, 0.3) is 0 Å². The van der Waals surface area contributed by atoms with Crippen LogP contribution in [0.15, 0.2) is 5.18 Å². The van der Waals surface area contributed by atoms with Crippen LogP contribution >= 0.6 is 11.6 Å². The zero-order chi connectivity index (χ0) is 7.49. The summed E-state index contributed by atoms with van der Waals surface area (Å²) < 4.78 is 0. The van der Waals surface area contributed by atoms with Crippen LogP contribution in [0, 0.1) is 4.91 Å². The Hall–Kier alpha value is -0.150. The number of hydrogen-bond acceptors (Lipinski definition) is 3. The van der Waals surface area contributed by atoms with Gasteiger partial charge in [-0.1, -0.05) is 5.18 Å². The first-order valence-corrected chi connectivity index (χ1v) is 3.02. The second-order valence-corrected chi connectivity index (χ2v) is 3.34. The van der Waals surface area contributed by atoms with E-state index in [0.717, 1.165) is 0 Å². The van der Waals surface area contributed by atoms with Crippen molar-refractivity contribution in [1.82, 2.24) is 0 Å². The second kappa shape index (κ2) is 3.13. The molecule has 0 aliphatic rings. The Morgan fingerprint density at radius 1 is 1.78 bits per heavy atom. The van der Waals surface area contributed by atoms with Gasteiger partial charge in [0.25, 0.3) is 0 Å². The van der Waals surface area contributed by atoms with E-state index in [4.69, 9.17) is 16.7 Å². The van der Waals surface area contributed by atoms with Gasteiger partial charge in [0, 0.05) is 0 Å². The van der Waals surface area contributed by atoms with Crippen molar-refractivity contribution in [2.45, 2.75) is 24.8 Å². The predicted molar refractivity (Wildman–Crippen MR) is 36.6 cm³/mol. The minimum absolute atomic E-state index is 0.292. The van der Waals surface area contributed by atoms with Gasteiger partial charge in [-0.3, -0.25) is 0 Å². The number of rotatable bonds is 3. The van der Waals surface area contributed by atoms with E-state index >= 15 is 0 Å². The van der Waals surface area contributed by atoms with Crippen LogP contribution in [0.2, 0.25) is 0 Å². The lowest BCUT2D eigenvalue weighted by Gasteiger charge is -2.18. The Labute approximate surface area is 59.0 Å². The minimum atomic E-state index is -0.740. The van der Waals surface area contributed by atoms with Gasteiger partial charge < -0.3 is 5.11 Å². The molecule has 0 aromatic heterocycles. The number of aliphatic hydroxyl groups excluding tert-OH is 1. The van der Waals surface area contributed by atoms with Crippen LogP contribution in [-0.2, 0) is 0 Å². The van der Waals surface area contributed by atoms with E-state index in [1.54, 1.807) is 13.8 Å². The lowest BCUT2D eigenvalue weighted by atomic mass is 10.1. The molecule has 0 amide bonds. The van der Waals surface area contributed by atoms with Gasteiger partial charge in [-0.05, 0) is 13.8 Å². The monoisotopic (exact) mass is 151 g/mol. The molecule has 0 aliphatic heterocycles. The Balaban J connectivity index is 3.94. The third kappa shape index (κ3) is 2.77. The summed E-state index contributed by atoms with van der Waals surface area (Å²) in [4.78, 5) is 9.15. The number of alkyl halides is 1. The molecule has 0 fully saturated rings. The summed E-state index contributed by atoms with van der Waals surface area (Å²) in [7, 11) is 0. The molecule has 3 nitrogen and oxygen atoms in total. The maximum atomic E-state index is 9.89. The van der Waals surface area contributed by atoms with E-state index in [0.29, 0.717) is 0 Å². The second-order valence-electron chi connectivity index (χ2n) is 2.37. The highest BCUT2D eigenvalue weighted by Crippen LogP contribution is 2.19. The average Bonchev–Trinajstić information content (AvgIpc) is 1.65. The first-order chi connectivity index (χ1) is 4.02. The zero-order valence-electron chi connectivity index (χ0n) is 5.47. The number of halogens is 1. The van der Waals surface area contributed by atoms with Gasteiger partial charge in [0.15, 0.2) is 0 Å². The van der Waals surface area contributed by atoms with Crippen molar-refractivity contribution in [2.75, 3.05) is 6.61 Å². The molecule has 1 atom stereocenters. The van der Waals surface area contributed by atoms with E-state index in [2.05, 4.69) is 5.18 Å². The summed E-state index contributed by atoms with van der Waals surface area (Å²) in [5.74, 6) is 0. The van der Waals surface area contributed by atoms with Gasteiger partial charge >= 0.3 is 0 Å². The number of nitrogens with zero attached hydrogens (tertiary/aromatic N) is 1. The fraction of sp³-hybridized carbons (Fsp3) is 1.00. The molecule has 0 rings (SSSR count).